The van der Waals surface area contributed by atoms with E-state index >= 15 is 0 Å². The van der Waals surface area contributed by atoms with Gasteiger partial charge in [0, 0.05) is 24.3 Å². The molecule has 0 radical (unpaired) electrons. The van der Waals surface area contributed by atoms with Crippen LogP contribution in [0, 0.1) is 17.5 Å². The molecule has 2 aromatic carbocycles. The molecule has 1 saturated carbocycles. The van der Waals surface area contributed by atoms with E-state index in [1.807, 2.05) is 0 Å². The first-order valence-corrected chi connectivity index (χ1v) is 8.64. The second kappa shape index (κ2) is 9.92. The Balaban J connectivity index is 0.000000242. The number of hydrogen-bond donors (Lipinski definition) is 1. The van der Waals surface area contributed by atoms with Crippen molar-refractivity contribution in [3.05, 3.63) is 59.9 Å². The average Bonchev–Trinajstić information content (AvgIpc) is 3.00. The van der Waals surface area contributed by atoms with Crippen LogP contribution < -0.4 is 0 Å². The van der Waals surface area contributed by atoms with Crippen LogP contribution in [0.25, 0.3) is 22.2 Å². The first kappa shape index (κ1) is 20.7. The summed E-state index contributed by atoms with van der Waals surface area (Å²) in [5.74, 6) is -1.60. The molecule has 1 N–H and O–H groups in total. The SMILES string of the molecule is CC=O.COC1CCC1.Fc1ccc(-c2cc3cc(F)cc(F)c3[nH]2)cc1. The smallest absolute Gasteiger partial charge is 0.150 e. The molecule has 3 nitrogen and oxygen atoms in total. The van der Waals surface area contributed by atoms with Crippen LogP contribution in [-0.2, 0) is 9.53 Å². The summed E-state index contributed by atoms with van der Waals surface area (Å²) in [6.07, 6.45) is 5.32. The van der Waals surface area contributed by atoms with E-state index in [4.69, 9.17) is 9.53 Å². The van der Waals surface area contributed by atoms with Crippen molar-refractivity contribution < 1.29 is 22.7 Å². The number of H-pyrrole nitrogens is 1. The minimum absolute atomic E-state index is 0.246. The molecule has 0 atom stereocenters. The number of ether oxygens (including phenoxy) is 1. The van der Waals surface area contributed by atoms with Crippen LogP contribution in [0.3, 0.4) is 0 Å². The van der Waals surface area contributed by atoms with E-state index in [1.165, 1.54) is 44.4 Å². The van der Waals surface area contributed by atoms with Gasteiger partial charge in [-0.3, -0.25) is 0 Å². The van der Waals surface area contributed by atoms with Crippen molar-refractivity contribution >= 4 is 17.2 Å². The largest absolute Gasteiger partial charge is 0.381 e. The van der Waals surface area contributed by atoms with E-state index in [0.29, 0.717) is 22.7 Å². The van der Waals surface area contributed by atoms with Crippen LogP contribution >= 0.6 is 0 Å². The van der Waals surface area contributed by atoms with Crippen molar-refractivity contribution in [2.45, 2.75) is 32.3 Å². The van der Waals surface area contributed by atoms with Crippen molar-refractivity contribution in [1.82, 2.24) is 4.98 Å². The van der Waals surface area contributed by atoms with Crippen molar-refractivity contribution in [3.63, 3.8) is 0 Å². The van der Waals surface area contributed by atoms with Crippen LogP contribution in [0.5, 0.6) is 0 Å². The number of hydrogen-bond acceptors (Lipinski definition) is 2. The number of benzene rings is 2. The van der Waals surface area contributed by atoms with E-state index in [-0.39, 0.29) is 11.3 Å². The van der Waals surface area contributed by atoms with Gasteiger partial charge in [0.2, 0.25) is 0 Å². The number of aromatic amines is 1. The third-order valence-electron chi connectivity index (χ3n) is 4.19. The van der Waals surface area contributed by atoms with Crippen molar-refractivity contribution in [3.8, 4) is 11.3 Å². The normalized spacial score (nSPS) is 13.1. The number of carbonyl (C=O) groups is 1. The molecule has 0 amide bonds. The number of nitrogens with one attached hydrogen (secondary N) is 1. The molecule has 1 fully saturated rings. The van der Waals surface area contributed by atoms with Gasteiger partial charge in [0.15, 0.2) is 0 Å². The van der Waals surface area contributed by atoms with Crippen LogP contribution in [0.15, 0.2) is 42.5 Å². The molecule has 0 aliphatic heterocycles. The van der Waals surface area contributed by atoms with Crippen molar-refractivity contribution in [2.75, 3.05) is 7.11 Å². The minimum atomic E-state index is -0.640. The molecular weight excluding hydrogens is 355 g/mol. The Morgan fingerprint density at radius 2 is 1.67 bits per heavy atom. The first-order valence-electron chi connectivity index (χ1n) is 8.64. The highest BCUT2D eigenvalue weighted by Gasteiger charge is 2.14. The summed E-state index contributed by atoms with van der Waals surface area (Å²) in [5.41, 5.74) is 1.58. The van der Waals surface area contributed by atoms with Gasteiger partial charge >= 0.3 is 0 Å². The highest BCUT2D eigenvalue weighted by atomic mass is 19.1. The lowest BCUT2D eigenvalue weighted by Crippen LogP contribution is -2.18. The lowest BCUT2D eigenvalue weighted by atomic mass is 9.96. The summed E-state index contributed by atoms with van der Waals surface area (Å²) >= 11 is 0. The number of aromatic nitrogens is 1. The Labute approximate surface area is 156 Å². The Morgan fingerprint density at radius 1 is 1.04 bits per heavy atom. The number of rotatable bonds is 2. The summed E-state index contributed by atoms with van der Waals surface area (Å²) in [6.45, 7) is 1.44. The maximum absolute atomic E-state index is 13.5. The second-order valence-corrected chi connectivity index (χ2v) is 6.07. The monoisotopic (exact) mass is 377 g/mol. The van der Waals surface area contributed by atoms with Gasteiger partial charge in [0.1, 0.15) is 23.7 Å². The zero-order valence-electron chi connectivity index (χ0n) is 15.3. The number of fused-ring (bicyclic) bond motifs is 1. The average molecular weight is 377 g/mol. The van der Waals surface area contributed by atoms with E-state index in [0.717, 1.165) is 12.4 Å². The highest BCUT2D eigenvalue weighted by molar-refractivity contribution is 5.86. The maximum atomic E-state index is 13.5. The zero-order chi connectivity index (χ0) is 19.8. The predicted molar refractivity (Wildman–Crippen MR) is 100.0 cm³/mol. The third-order valence-corrected chi connectivity index (χ3v) is 4.19. The van der Waals surface area contributed by atoms with E-state index in [9.17, 15) is 13.2 Å². The summed E-state index contributed by atoms with van der Waals surface area (Å²) in [6, 6.07) is 9.50. The Bertz CT molecular complexity index is 868. The van der Waals surface area contributed by atoms with Gasteiger partial charge in [-0.2, -0.15) is 0 Å². The standard InChI is InChI=1S/C14H8F3N.C5H10O.C2H4O/c15-10-3-1-8(2-4-10)13-6-9-5-11(16)7-12(17)14(9)18-13;1-6-5-3-2-4-5;1-2-3/h1-7,18H;5H,2-4H2,1H3;2H,1H3. The van der Waals surface area contributed by atoms with Gasteiger partial charge in [0.05, 0.1) is 11.6 Å². The quantitative estimate of drug-likeness (QED) is 0.587. The Hall–Kier alpha value is -2.60. The first-order chi connectivity index (χ1) is 13.0. The molecule has 3 aromatic rings. The fourth-order valence-electron chi connectivity index (χ4n) is 2.56. The molecule has 1 aliphatic carbocycles. The molecule has 0 unspecified atom stereocenters. The highest BCUT2D eigenvalue weighted by Crippen LogP contribution is 2.26. The van der Waals surface area contributed by atoms with E-state index in [2.05, 4.69) is 4.98 Å². The summed E-state index contributed by atoms with van der Waals surface area (Å²) in [5, 5.41) is 0.451. The molecule has 0 spiro atoms. The van der Waals surface area contributed by atoms with Gasteiger partial charge in [-0.15, -0.1) is 0 Å². The van der Waals surface area contributed by atoms with E-state index in [1.54, 1.807) is 25.3 Å². The zero-order valence-corrected chi connectivity index (χ0v) is 15.3. The number of aldehydes is 1. The Morgan fingerprint density at radius 3 is 2.15 bits per heavy atom. The molecule has 1 aromatic heterocycles. The van der Waals surface area contributed by atoms with Crippen molar-refractivity contribution in [2.24, 2.45) is 0 Å². The summed E-state index contributed by atoms with van der Waals surface area (Å²) in [7, 11) is 1.78. The summed E-state index contributed by atoms with van der Waals surface area (Å²) < 4.78 is 44.4. The van der Waals surface area contributed by atoms with Crippen molar-refractivity contribution in [1.29, 1.82) is 0 Å². The van der Waals surface area contributed by atoms with Crippen LogP contribution in [0.2, 0.25) is 0 Å². The lowest BCUT2D eigenvalue weighted by Gasteiger charge is -2.22. The second-order valence-electron chi connectivity index (χ2n) is 6.07. The molecule has 144 valence electrons. The molecular formula is C21H22F3NO2. The molecule has 27 heavy (non-hydrogen) atoms. The number of methoxy groups -OCH3 is 1. The predicted octanol–water partition coefficient (Wildman–Crippen LogP) is 5.64. The molecule has 0 saturated heterocycles. The minimum Gasteiger partial charge on any atom is -0.381 e. The maximum Gasteiger partial charge on any atom is 0.150 e. The topological polar surface area (TPSA) is 42.1 Å². The van der Waals surface area contributed by atoms with Crippen LogP contribution in [0.1, 0.15) is 26.2 Å². The van der Waals surface area contributed by atoms with Gasteiger partial charge in [-0.1, -0.05) is 0 Å². The fraction of sp³-hybridized carbons (Fsp3) is 0.286. The van der Waals surface area contributed by atoms with Gasteiger partial charge in [0.25, 0.3) is 0 Å². The van der Waals surface area contributed by atoms with Gasteiger partial charge in [-0.25, -0.2) is 13.2 Å². The summed E-state index contributed by atoms with van der Waals surface area (Å²) in [4.78, 5) is 11.7. The van der Waals surface area contributed by atoms with E-state index < -0.39 is 11.6 Å². The molecule has 1 aliphatic rings. The molecule has 1 heterocycles. The molecule has 6 heteroatoms. The number of halogens is 3. The third kappa shape index (κ3) is 5.69. The van der Waals surface area contributed by atoms with Gasteiger partial charge < -0.3 is 14.5 Å². The fourth-order valence-corrected chi connectivity index (χ4v) is 2.56. The van der Waals surface area contributed by atoms with Crippen LogP contribution in [0.4, 0.5) is 13.2 Å². The molecule has 4 rings (SSSR count). The van der Waals surface area contributed by atoms with Gasteiger partial charge in [-0.05, 0) is 68.1 Å². The van der Waals surface area contributed by atoms with Crippen LogP contribution in [-0.4, -0.2) is 24.5 Å². The Kier molecular flexibility index (Phi) is 7.61. The number of carbonyl (C=O) groups excluding carboxylic acids is 1. The molecule has 0 bridgehead atoms. The lowest BCUT2D eigenvalue weighted by molar-refractivity contribution is -0.106.